The van der Waals surface area contributed by atoms with Gasteiger partial charge in [-0.2, -0.15) is 0 Å². The Morgan fingerprint density at radius 2 is 1.52 bits per heavy atom. The van der Waals surface area contributed by atoms with E-state index >= 15 is 0 Å². The number of sulfonamides is 2. The molecule has 0 spiro atoms. The van der Waals surface area contributed by atoms with Crippen LogP contribution in [0.15, 0.2) is 34.1 Å². The number of benzene rings is 1. The topological polar surface area (TPSA) is 118 Å². The maximum atomic E-state index is 12.2. The van der Waals surface area contributed by atoms with E-state index < -0.39 is 20.0 Å². The van der Waals surface area contributed by atoms with Crippen LogP contribution in [0.25, 0.3) is 0 Å². The molecule has 7 nitrogen and oxygen atoms in total. The van der Waals surface area contributed by atoms with Crippen molar-refractivity contribution in [2.45, 2.75) is 35.6 Å². The van der Waals surface area contributed by atoms with Crippen LogP contribution in [0.1, 0.15) is 19.8 Å². The minimum Gasteiger partial charge on any atom is -0.329 e. The van der Waals surface area contributed by atoms with Gasteiger partial charge in [0.1, 0.15) is 0 Å². The van der Waals surface area contributed by atoms with Crippen molar-refractivity contribution in [3.63, 3.8) is 0 Å². The average Bonchev–Trinajstić information content (AvgIpc) is 2.46. The first-order valence-corrected chi connectivity index (χ1v) is 9.49. The van der Waals surface area contributed by atoms with Crippen LogP contribution in [0.5, 0.6) is 0 Å². The summed E-state index contributed by atoms with van der Waals surface area (Å²) in [4.78, 5) is 0.0139. The highest BCUT2D eigenvalue weighted by Crippen LogP contribution is 2.15. The normalized spacial score (nSPS) is 14.0. The molecule has 0 saturated carbocycles. The van der Waals surface area contributed by atoms with Gasteiger partial charge in [-0.15, -0.1) is 0 Å². The third-order valence-electron chi connectivity index (χ3n) is 2.96. The zero-order valence-corrected chi connectivity index (χ0v) is 13.7. The molecule has 1 rings (SSSR count). The van der Waals surface area contributed by atoms with Gasteiger partial charge in [0.2, 0.25) is 20.0 Å². The molecule has 0 saturated heterocycles. The van der Waals surface area contributed by atoms with E-state index in [4.69, 9.17) is 5.73 Å². The van der Waals surface area contributed by atoms with E-state index in [-0.39, 0.29) is 22.4 Å². The van der Waals surface area contributed by atoms with Gasteiger partial charge in [-0.1, -0.05) is 13.3 Å². The van der Waals surface area contributed by atoms with Crippen molar-refractivity contribution in [1.29, 1.82) is 0 Å². The molecule has 0 aliphatic rings. The first kappa shape index (κ1) is 18.1. The van der Waals surface area contributed by atoms with Crippen LogP contribution >= 0.6 is 0 Å². The molecule has 0 amide bonds. The molecule has 0 aliphatic carbocycles. The Hall–Kier alpha value is -1.00. The van der Waals surface area contributed by atoms with Crippen LogP contribution in [0.2, 0.25) is 0 Å². The van der Waals surface area contributed by atoms with E-state index in [1.807, 2.05) is 6.92 Å². The van der Waals surface area contributed by atoms with Crippen molar-refractivity contribution < 1.29 is 16.8 Å². The molecule has 0 radical (unpaired) electrons. The number of rotatable bonds is 8. The molecule has 120 valence electrons. The second kappa shape index (κ2) is 7.32. The van der Waals surface area contributed by atoms with Gasteiger partial charge in [0, 0.05) is 12.6 Å². The minimum absolute atomic E-state index is 0.00658. The van der Waals surface area contributed by atoms with Crippen LogP contribution in [0.4, 0.5) is 0 Å². The van der Waals surface area contributed by atoms with E-state index in [1.54, 1.807) is 0 Å². The summed E-state index contributed by atoms with van der Waals surface area (Å²) in [6, 6.07) is 4.67. The van der Waals surface area contributed by atoms with Crippen LogP contribution in [-0.4, -0.2) is 36.5 Å². The van der Waals surface area contributed by atoms with Crippen LogP contribution in [0.3, 0.4) is 0 Å². The molecular formula is C12H21N3O4S2. The van der Waals surface area contributed by atoms with Crippen LogP contribution < -0.4 is 15.2 Å². The van der Waals surface area contributed by atoms with E-state index in [2.05, 4.69) is 9.44 Å². The summed E-state index contributed by atoms with van der Waals surface area (Å²) in [5.74, 6) is 0. The predicted octanol–water partition coefficient (Wildman–Crippen LogP) is 0.000400. The molecule has 0 fully saturated rings. The van der Waals surface area contributed by atoms with E-state index in [0.29, 0.717) is 6.42 Å². The zero-order valence-electron chi connectivity index (χ0n) is 12.0. The first-order chi connectivity index (χ1) is 9.76. The van der Waals surface area contributed by atoms with E-state index in [1.165, 1.54) is 31.3 Å². The zero-order chi connectivity index (χ0) is 16.1. The lowest BCUT2D eigenvalue weighted by atomic mass is 10.2. The lowest BCUT2D eigenvalue weighted by Gasteiger charge is -2.16. The Bertz CT molecular complexity index is 654. The Morgan fingerprint density at radius 3 is 1.90 bits per heavy atom. The fourth-order valence-corrected chi connectivity index (χ4v) is 3.79. The number of nitrogens with one attached hydrogen (secondary N) is 2. The van der Waals surface area contributed by atoms with Crippen molar-refractivity contribution in [3.05, 3.63) is 24.3 Å². The summed E-state index contributed by atoms with van der Waals surface area (Å²) in [5, 5.41) is 0. The van der Waals surface area contributed by atoms with Gasteiger partial charge in [-0.05, 0) is 37.7 Å². The highest BCUT2D eigenvalue weighted by Gasteiger charge is 2.20. The third-order valence-corrected chi connectivity index (χ3v) is 5.92. The highest BCUT2D eigenvalue weighted by molar-refractivity contribution is 7.90. The van der Waals surface area contributed by atoms with Gasteiger partial charge < -0.3 is 5.73 Å². The van der Waals surface area contributed by atoms with E-state index in [9.17, 15) is 16.8 Å². The number of nitrogens with two attached hydrogens (primary N) is 1. The van der Waals surface area contributed by atoms with E-state index in [0.717, 1.165) is 6.42 Å². The molecule has 0 heterocycles. The molecule has 0 aliphatic heterocycles. The summed E-state index contributed by atoms with van der Waals surface area (Å²) < 4.78 is 52.2. The predicted molar refractivity (Wildman–Crippen MR) is 80.8 cm³/mol. The maximum absolute atomic E-state index is 12.2. The summed E-state index contributed by atoms with van der Waals surface area (Å²) in [5.41, 5.74) is 5.53. The molecule has 0 bridgehead atoms. The molecule has 0 aromatic heterocycles. The van der Waals surface area contributed by atoms with Gasteiger partial charge in [-0.3, -0.25) is 0 Å². The van der Waals surface area contributed by atoms with Crippen molar-refractivity contribution in [1.82, 2.24) is 9.44 Å². The molecular weight excluding hydrogens is 314 g/mol. The summed E-state index contributed by atoms with van der Waals surface area (Å²) in [6.45, 7) is 2.15. The van der Waals surface area contributed by atoms with Crippen molar-refractivity contribution in [2.75, 3.05) is 13.6 Å². The Balaban J connectivity index is 3.00. The summed E-state index contributed by atoms with van der Waals surface area (Å²) >= 11 is 0. The second-order valence-corrected chi connectivity index (χ2v) is 8.12. The average molecular weight is 335 g/mol. The fraction of sp³-hybridized carbons (Fsp3) is 0.500. The van der Waals surface area contributed by atoms with Gasteiger partial charge in [0.15, 0.2) is 0 Å². The minimum atomic E-state index is -3.71. The monoisotopic (exact) mass is 335 g/mol. The largest absolute Gasteiger partial charge is 0.329 e. The molecule has 1 atom stereocenters. The van der Waals surface area contributed by atoms with Crippen molar-refractivity contribution >= 4 is 20.0 Å². The smallest absolute Gasteiger partial charge is 0.240 e. The first-order valence-electron chi connectivity index (χ1n) is 6.53. The second-order valence-electron chi connectivity index (χ2n) is 4.52. The Kier molecular flexibility index (Phi) is 6.29. The van der Waals surface area contributed by atoms with Crippen LogP contribution in [0, 0.1) is 0 Å². The lowest BCUT2D eigenvalue weighted by Crippen LogP contribution is -2.40. The standard InChI is InChI=1S/C12H21N3O4S2/c1-3-4-10(9-13)15-21(18,19)12-7-5-11(6-8-12)20(16,17)14-2/h5-8,10,14-15H,3-4,9,13H2,1-2H3. The lowest BCUT2D eigenvalue weighted by molar-refractivity contribution is 0.527. The molecule has 9 heteroatoms. The fourth-order valence-electron chi connectivity index (χ4n) is 1.78. The van der Waals surface area contributed by atoms with Gasteiger partial charge in [0.25, 0.3) is 0 Å². The molecule has 21 heavy (non-hydrogen) atoms. The molecule has 1 aromatic carbocycles. The highest BCUT2D eigenvalue weighted by atomic mass is 32.2. The Morgan fingerprint density at radius 1 is 1.05 bits per heavy atom. The molecule has 1 aromatic rings. The van der Waals surface area contributed by atoms with Crippen LogP contribution in [-0.2, 0) is 20.0 Å². The Labute approximate surface area is 126 Å². The quantitative estimate of drug-likeness (QED) is 0.618. The number of hydrogen-bond acceptors (Lipinski definition) is 5. The summed E-state index contributed by atoms with van der Waals surface area (Å²) in [7, 11) is -6.00. The molecule has 4 N–H and O–H groups in total. The third kappa shape index (κ3) is 4.75. The van der Waals surface area contributed by atoms with Gasteiger partial charge >= 0.3 is 0 Å². The van der Waals surface area contributed by atoms with Gasteiger partial charge in [-0.25, -0.2) is 26.3 Å². The maximum Gasteiger partial charge on any atom is 0.240 e. The van der Waals surface area contributed by atoms with Crippen molar-refractivity contribution in [3.8, 4) is 0 Å². The number of hydrogen-bond donors (Lipinski definition) is 3. The molecule has 1 unspecified atom stereocenters. The summed E-state index contributed by atoms with van der Waals surface area (Å²) in [6.07, 6.45) is 1.45. The van der Waals surface area contributed by atoms with Crippen molar-refractivity contribution in [2.24, 2.45) is 5.73 Å². The SMILES string of the molecule is CCCC(CN)NS(=O)(=O)c1ccc(S(=O)(=O)NC)cc1. The van der Waals surface area contributed by atoms with Gasteiger partial charge in [0.05, 0.1) is 9.79 Å².